The molecule has 2 aromatic rings. The van der Waals surface area contributed by atoms with Crippen LogP contribution in [0.15, 0.2) is 30.5 Å². The number of para-hydroxylation sites is 1. The largest absolute Gasteiger partial charge is 0.354 e. The molecule has 0 amide bonds. The summed E-state index contributed by atoms with van der Waals surface area (Å²) in [6.45, 7) is 3.71. The first kappa shape index (κ1) is 12.2. The van der Waals surface area contributed by atoms with Gasteiger partial charge in [-0.1, -0.05) is 29.8 Å². The summed E-state index contributed by atoms with van der Waals surface area (Å²) in [4.78, 5) is 10.8. The number of hydrogen-bond donors (Lipinski definition) is 1. The van der Waals surface area contributed by atoms with Gasteiger partial charge in [-0.2, -0.15) is 4.98 Å². The summed E-state index contributed by atoms with van der Waals surface area (Å²) < 4.78 is 0. The second-order valence-corrected chi connectivity index (χ2v) is 4.83. The Labute approximate surface area is 117 Å². The van der Waals surface area contributed by atoms with E-state index in [-0.39, 0.29) is 0 Å². The molecular formula is C14H15ClN4. The van der Waals surface area contributed by atoms with Crippen molar-refractivity contribution in [2.24, 2.45) is 0 Å². The van der Waals surface area contributed by atoms with Crippen molar-refractivity contribution in [1.29, 1.82) is 0 Å². The molecule has 0 unspecified atom stereocenters. The summed E-state index contributed by atoms with van der Waals surface area (Å²) in [5.74, 6) is 1.39. The van der Waals surface area contributed by atoms with Crippen LogP contribution >= 0.6 is 11.6 Å². The van der Waals surface area contributed by atoms with Gasteiger partial charge in [0.1, 0.15) is 5.02 Å². The van der Waals surface area contributed by atoms with Crippen LogP contribution in [0, 0.1) is 0 Å². The molecule has 19 heavy (non-hydrogen) atoms. The van der Waals surface area contributed by atoms with Crippen molar-refractivity contribution in [2.45, 2.75) is 13.3 Å². The van der Waals surface area contributed by atoms with Gasteiger partial charge in [-0.25, -0.2) is 4.98 Å². The van der Waals surface area contributed by atoms with Crippen molar-refractivity contribution in [3.8, 4) is 0 Å². The Kier molecular flexibility index (Phi) is 3.25. The first-order valence-corrected chi connectivity index (χ1v) is 6.79. The Morgan fingerprint density at radius 3 is 3.05 bits per heavy atom. The van der Waals surface area contributed by atoms with Gasteiger partial charge in [0, 0.05) is 18.8 Å². The lowest BCUT2D eigenvalue weighted by Crippen LogP contribution is -2.16. The molecule has 0 saturated carbocycles. The van der Waals surface area contributed by atoms with Crippen LogP contribution < -0.4 is 10.2 Å². The molecule has 0 atom stereocenters. The van der Waals surface area contributed by atoms with Gasteiger partial charge >= 0.3 is 0 Å². The van der Waals surface area contributed by atoms with E-state index >= 15 is 0 Å². The highest BCUT2D eigenvalue weighted by Crippen LogP contribution is 2.36. The summed E-state index contributed by atoms with van der Waals surface area (Å²) >= 11 is 6.25. The average Bonchev–Trinajstić information content (AvgIpc) is 2.85. The lowest BCUT2D eigenvalue weighted by Gasteiger charge is -2.20. The molecule has 1 N–H and O–H groups in total. The van der Waals surface area contributed by atoms with E-state index in [0.717, 1.165) is 25.3 Å². The van der Waals surface area contributed by atoms with E-state index in [0.29, 0.717) is 11.0 Å². The Bertz CT molecular complexity index is 600. The summed E-state index contributed by atoms with van der Waals surface area (Å²) in [5, 5.41) is 3.70. The first-order valence-electron chi connectivity index (χ1n) is 6.41. The molecule has 0 radical (unpaired) electrons. The van der Waals surface area contributed by atoms with Crippen molar-refractivity contribution in [2.75, 3.05) is 23.3 Å². The molecule has 1 aliphatic heterocycles. The average molecular weight is 275 g/mol. The van der Waals surface area contributed by atoms with Gasteiger partial charge < -0.3 is 10.2 Å². The molecule has 0 saturated heterocycles. The van der Waals surface area contributed by atoms with Gasteiger partial charge in [-0.15, -0.1) is 0 Å². The molecule has 0 aliphatic carbocycles. The third kappa shape index (κ3) is 2.24. The molecule has 0 fully saturated rings. The van der Waals surface area contributed by atoms with Crippen LogP contribution in [0.25, 0.3) is 0 Å². The Morgan fingerprint density at radius 2 is 2.21 bits per heavy atom. The predicted octanol–water partition coefficient (Wildman–Crippen LogP) is 3.26. The van der Waals surface area contributed by atoms with E-state index in [1.54, 1.807) is 6.20 Å². The fraction of sp³-hybridized carbons (Fsp3) is 0.286. The van der Waals surface area contributed by atoms with Crippen molar-refractivity contribution in [3.63, 3.8) is 0 Å². The van der Waals surface area contributed by atoms with Crippen LogP contribution in [0.4, 0.5) is 17.5 Å². The molecular weight excluding hydrogens is 260 g/mol. The smallest absolute Gasteiger partial charge is 0.224 e. The molecule has 1 aliphatic rings. The second-order valence-electron chi connectivity index (χ2n) is 4.43. The lowest BCUT2D eigenvalue weighted by atomic mass is 10.2. The molecule has 1 aromatic carbocycles. The number of nitrogens with one attached hydrogen (secondary N) is 1. The lowest BCUT2D eigenvalue weighted by molar-refractivity contribution is 0.961. The highest BCUT2D eigenvalue weighted by molar-refractivity contribution is 6.33. The minimum atomic E-state index is 0.582. The molecule has 1 aromatic heterocycles. The maximum Gasteiger partial charge on any atom is 0.224 e. The van der Waals surface area contributed by atoms with E-state index < -0.39 is 0 Å². The second kappa shape index (κ2) is 5.05. The number of fused-ring (bicyclic) bond motifs is 1. The highest BCUT2D eigenvalue weighted by Gasteiger charge is 2.23. The highest BCUT2D eigenvalue weighted by atomic mass is 35.5. The minimum Gasteiger partial charge on any atom is -0.354 e. The third-order valence-electron chi connectivity index (χ3n) is 3.20. The van der Waals surface area contributed by atoms with Crippen LogP contribution in [-0.2, 0) is 6.42 Å². The number of anilines is 3. The summed E-state index contributed by atoms with van der Waals surface area (Å²) in [7, 11) is 0. The first-order chi connectivity index (χ1) is 9.29. The molecule has 5 heteroatoms. The van der Waals surface area contributed by atoms with Crippen LogP contribution in [0.2, 0.25) is 5.02 Å². The summed E-state index contributed by atoms with van der Waals surface area (Å²) in [5.41, 5.74) is 2.52. The number of benzene rings is 1. The van der Waals surface area contributed by atoms with Gasteiger partial charge in [0.2, 0.25) is 5.95 Å². The number of halogens is 1. The van der Waals surface area contributed by atoms with E-state index in [2.05, 4.69) is 38.4 Å². The normalized spacial score (nSPS) is 13.5. The molecule has 4 nitrogen and oxygen atoms in total. The van der Waals surface area contributed by atoms with Crippen molar-refractivity contribution in [3.05, 3.63) is 41.0 Å². The van der Waals surface area contributed by atoms with Crippen LogP contribution in [0.1, 0.15) is 12.5 Å². The zero-order chi connectivity index (χ0) is 13.2. The Morgan fingerprint density at radius 1 is 1.37 bits per heavy atom. The topological polar surface area (TPSA) is 41.1 Å². The molecule has 98 valence electrons. The zero-order valence-electron chi connectivity index (χ0n) is 10.7. The van der Waals surface area contributed by atoms with E-state index in [9.17, 15) is 0 Å². The number of rotatable bonds is 3. The standard InChI is InChI=1S/C14H15ClN4/c1-2-16-14-17-9-11(15)13(18-14)19-8-7-10-5-3-4-6-12(10)19/h3-6,9H,2,7-8H2,1H3,(H,16,17,18). The van der Waals surface area contributed by atoms with E-state index in [4.69, 9.17) is 11.6 Å². The Hall–Kier alpha value is -1.81. The van der Waals surface area contributed by atoms with Gasteiger partial charge in [0.15, 0.2) is 5.82 Å². The van der Waals surface area contributed by atoms with Crippen molar-refractivity contribution in [1.82, 2.24) is 9.97 Å². The van der Waals surface area contributed by atoms with Crippen molar-refractivity contribution < 1.29 is 0 Å². The van der Waals surface area contributed by atoms with Gasteiger partial charge in [-0.3, -0.25) is 0 Å². The quantitative estimate of drug-likeness (QED) is 0.933. The molecule has 0 spiro atoms. The fourth-order valence-electron chi connectivity index (χ4n) is 2.35. The van der Waals surface area contributed by atoms with E-state index in [1.165, 1.54) is 11.3 Å². The zero-order valence-corrected chi connectivity index (χ0v) is 11.5. The summed E-state index contributed by atoms with van der Waals surface area (Å²) in [6, 6.07) is 8.36. The maximum atomic E-state index is 6.25. The number of aromatic nitrogens is 2. The third-order valence-corrected chi connectivity index (χ3v) is 3.47. The Balaban J connectivity index is 2.01. The van der Waals surface area contributed by atoms with Crippen LogP contribution in [0.5, 0.6) is 0 Å². The van der Waals surface area contributed by atoms with Crippen molar-refractivity contribution >= 4 is 29.1 Å². The number of nitrogens with zero attached hydrogens (tertiary/aromatic N) is 3. The number of hydrogen-bond acceptors (Lipinski definition) is 4. The van der Waals surface area contributed by atoms with E-state index in [1.807, 2.05) is 13.0 Å². The maximum absolute atomic E-state index is 6.25. The monoisotopic (exact) mass is 274 g/mol. The predicted molar refractivity (Wildman–Crippen MR) is 78.4 cm³/mol. The van der Waals surface area contributed by atoms with Gasteiger partial charge in [0.05, 0.1) is 6.20 Å². The van der Waals surface area contributed by atoms with Crippen LogP contribution in [-0.4, -0.2) is 23.1 Å². The SMILES string of the molecule is CCNc1ncc(Cl)c(N2CCc3ccccc32)n1. The fourth-order valence-corrected chi connectivity index (χ4v) is 2.54. The molecule has 3 rings (SSSR count). The van der Waals surface area contributed by atoms with Crippen LogP contribution in [0.3, 0.4) is 0 Å². The van der Waals surface area contributed by atoms with Gasteiger partial charge in [0.25, 0.3) is 0 Å². The minimum absolute atomic E-state index is 0.582. The molecule has 2 heterocycles. The molecule has 0 bridgehead atoms. The summed E-state index contributed by atoms with van der Waals surface area (Å²) in [6.07, 6.45) is 2.68. The van der Waals surface area contributed by atoms with Gasteiger partial charge in [-0.05, 0) is 25.0 Å².